The zero-order chi connectivity index (χ0) is 21.8. The lowest BCUT2D eigenvalue weighted by Gasteiger charge is -2.08. The molecular formula is C23H18F2N4O2. The lowest BCUT2D eigenvalue weighted by atomic mass is 10.2. The van der Waals surface area contributed by atoms with E-state index in [1.54, 1.807) is 54.2 Å². The fourth-order valence-electron chi connectivity index (χ4n) is 2.98. The first-order valence-electron chi connectivity index (χ1n) is 9.47. The monoisotopic (exact) mass is 420 g/mol. The maximum atomic E-state index is 13.2. The third-order valence-electron chi connectivity index (χ3n) is 4.59. The number of pyridine rings is 1. The Morgan fingerprint density at radius 2 is 1.84 bits per heavy atom. The van der Waals surface area contributed by atoms with Crippen molar-refractivity contribution in [2.24, 2.45) is 0 Å². The van der Waals surface area contributed by atoms with Crippen LogP contribution in [-0.4, -0.2) is 20.7 Å². The van der Waals surface area contributed by atoms with Gasteiger partial charge in [-0.1, -0.05) is 12.1 Å². The van der Waals surface area contributed by atoms with Crippen molar-refractivity contribution in [1.82, 2.24) is 20.1 Å². The lowest BCUT2D eigenvalue weighted by Crippen LogP contribution is -2.23. The highest BCUT2D eigenvalue weighted by Crippen LogP contribution is 2.20. The van der Waals surface area contributed by atoms with Crippen LogP contribution < -0.4 is 10.1 Å². The summed E-state index contributed by atoms with van der Waals surface area (Å²) in [4.78, 5) is 16.8. The Labute approximate surface area is 177 Å². The Kier molecular flexibility index (Phi) is 5.70. The van der Waals surface area contributed by atoms with E-state index in [-0.39, 0.29) is 18.3 Å². The van der Waals surface area contributed by atoms with E-state index >= 15 is 0 Å². The van der Waals surface area contributed by atoms with Crippen molar-refractivity contribution in [3.8, 4) is 17.3 Å². The number of carbonyl (C=O) groups is 1. The molecule has 0 aliphatic carbocycles. The van der Waals surface area contributed by atoms with E-state index in [1.165, 1.54) is 30.5 Å². The molecule has 0 aliphatic heterocycles. The molecule has 0 fully saturated rings. The summed E-state index contributed by atoms with van der Waals surface area (Å²) in [7, 11) is 0. The topological polar surface area (TPSA) is 69.0 Å². The number of rotatable bonds is 6. The highest BCUT2D eigenvalue weighted by atomic mass is 19.1. The van der Waals surface area contributed by atoms with E-state index in [2.05, 4.69) is 15.4 Å². The van der Waals surface area contributed by atoms with E-state index in [0.717, 1.165) is 5.56 Å². The molecule has 4 aromatic rings. The second kappa shape index (κ2) is 8.74. The van der Waals surface area contributed by atoms with Gasteiger partial charge in [0.1, 0.15) is 17.4 Å². The second-order valence-electron chi connectivity index (χ2n) is 6.78. The molecule has 0 saturated carbocycles. The van der Waals surface area contributed by atoms with E-state index in [0.29, 0.717) is 28.6 Å². The van der Waals surface area contributed by atoms with Gasteiger partial charge >= 0.3 is 0 Å². The number of ether oxygens (including phenoxy) is 1. The predicted molar refractivity (Wildman–Crippen MR) is 110 cm³/mol. The van der Waals surface area contributed by atoms with Crippen LogP contribution >= 0.6 is 0 Å². The van der Waals surface area contributed by atoms with Crippen LogP contribution in [-0.2, 0) is 6.54 Å². The van der Waals surface area contributed by atoms with Gasteiger partial charge in [0.15, 0.2) is 0 Å². The molecule has 4 rings (SSSR count). The van der Waals surface area contributed by atoms with Crippen molar-refractivity contribution in [2.75, 3.05) is 0 Å². The molecule has 1 N–H and O–H groups in total. The minimum absolute atomic E-state index is 0.257. The number of halogens is 2. The summed E-state index contributed by atoms with van der Waals surface area (Å²) in [6, 6.07) is 15.0. The van der Waals surface area contributed by atoms with E-state index in [9.17, 15) is 13.6 Å². The molecule has 2 aromatic carbocycles. The largest absolute Gasteiger partial charge is 0.439 e. The molecule has 0 spiro atoms. The molecule has 0 bridgehead atoms. The van der Waals surface area contributed by atoms with Gasteiger partial charge in [-0.15, -0.1) is 0 Å². The average molecular weight is 420 g/mol. The predicted octanol–water partition coefficient (Wildman–Crippen LogP) is 4.58. The Bertz CT molecular complexity index is 1210. The summed E-state index contributed by atoms with van der Waals surface area (Å²) in [5, 5.41) is 7.05. The van der Waals surface area contributed by atoms with Crippen molar-refractivity contribution in [3.05, 3.63) is 102 Å². The summed E-state index contributed by atoms with van der Waals surface area (Å²) in [5.74, 6) is -0.354. The van der Waals surface area contributed by atoms with Gasteiger partial charge in [0.05, 0.1) is 23.1 Å². The fourth-order valence-corrected chi connectivity index (χ4v) is 2.98. The first-order valence-corrected chi connectivity index (χ1v) is 9.47. The molecular weight excluding hydrogens is 402 g/mol. The standard InChI is InChI=1S/C23H18F2N4O2/c1-15-21(14-28-29(15)19-8-6-17(24)7-9-19)23(30)27-13-16-5-10-22(26-12-16)31-20-4-2-3-18(25)11-20/h2-12,14H,13H2,1H3,(H,27,30). The van der Waals surface area contributed by atoms with Crippen molar-refractivity contribution < 1.29 is 18.3 Å². The highest BCUT2D eigenvalue weighted by Gasteiger charge is 2.15. The normalized spacial score (nSPS) is 10.7. The van der Waals surface area contributed by atoms with Crippen LogP contribution in [0.4, 0.5) is 8.78 Å². The molecule has 1 amide bonds. The number of benzene rings is 2. The van der Waals surface area contributed by atoms with Gasteiger partial charge in [-0.25, -0.2) is 18.4 Å². The fraction of sp³-hybridized carbons (Fsp3) is 0.0870. The number of hydrogen-bond donors (Lipinski definition) is 1. The van der Waals surface area contributed by atoms with Crippen molar-refractivity contribution >= 4 is 5.91 Å². The maximum absolute atomic E-state index is 13.2. The van der Waals surface area contributed by atoms with Crippen LogP contribution in [0.2, 0.25) is 0 Å². The Hall–Kier alpha value is -4.07. The Morgan fingerprint density at radius 1 is 1.03 bits per heavy atom. The number of nitrogens with one attached hydrogen (secondary N) is 1. The van der Waals surface area contributed by atoms with Gasteiger partial charge in [0.2, 0.25) is 5.88 Å². The Morgan fingerprint density at radius 3 is 2.55 bits per heavy atom. The first-order chi connectivity index (χ1) is 15.0. The van der Waals surface area contributed by atoms with Gasteiger partial charge in [-0.2, -0.15) is 5.10 Å². The van der Waals surface area contributed by atoms with Crippen LogP contribution in [0.15, 0.2) is 73.1 Å². The highest BCUT2D eigenvalue weighted by molar-refractivity contribution is 5.95. The second-order valence-corrected chi connectivity index (χ2v) is 6.78. The van der Waals surface area contributed by atoms with Crippen LogP contribution in [0.5, 0.6) is 11.6 Å². The van der Waals surface area contributed by atoms with Crippen LogP contribution in [0.25, 0.3) is 5.69 Å². The number of nitrogens with zero attached hydrogens (tertiary/aromatic N) is 3. The summed E-state index contributed by atoms with van der Waals surface area (Å²) in [6.45, 7) is 2.03. The van der Waals surface area contributed by atoms with Crippen molar-refractivity contribution in [1.29, 1.82) is 0 Å². The zero-order valence-electron chi connectivity index (χ0n) is 16.5. The smallest absolute Gasteiger partial charge is 0.255 e. The molecule has 0 saturated heterocycles. The lowest BCUT2D eigenvalue weighted by molar-refractivity contribution is 0.0950. The number of hydrogen-bond acceptors (Lipinski definition) is 4. The SMILES string of the molecule is Cc1c(C(=O)NCc2ccc(Oc3cccc(F)c3)nc2)cnn1-c1ccc(F)cc1. The molecule has 2 aromatic heterocycles. The zero-order valence-corrected chi connectivity index (χ0v) is 16.5. The minimum atomic E-state index is -0.394. The van der Waals surface area contributed by atoms with Crippen molar-refractivity contribution in [3.63, 3.8) is 0 Å². The van der Waals surface area contributed by atoms with E-state index in [1.807, 2.05) is 0 Å². The number of amides is 1. The van der Waals surface area contributed by atoms with E-state index < -0.39 is 5.82 Å². The minimum Gasteiger partial charge on any atom is -0.439 e. The molecule has 0 aliphatic rings. The summed E-state index contributed by atoms with van der Waals surface area (Å²) in [6.07, 6.45) is 3.05. The molecule has 156 valence electrons. The average Bonchev–Trinajstić information content (AvgIpc) is 3.15. The molecule has 0 radical (unpaired) electrons. The quantitative estimate of drug-likeness (QED) is 0.496. The summed E-state index contributed by atoms with van der Waals surface area (Å²) in [5.41, 5.74) is 2.49. The van der Waals surface area contributed by atoms with Crippen molar-refractivity contribution in [2.45, 2.75) is 13.5 Å². The van der Waals surface area contributed by atoms with E-state index in [4.69, 9.17) is 4.74 Å². The molecule has 2 heterocycles. The number of aromatic nitrogens is 3. The first kappa shape index (κ1) is 20.2. The van der Waals surface area contributed by atoms with Crippen LogP contribution in [0, 0.1) is 18.6 Å². The third-order valence-corrected chi connectivity index (χ3v) is 4.59. The van der Waals surface area contributed by atoms with Crippen LogP contribution in [0.3, 0.4) is 0 Å². The van der Waals surface area contributed by atoms with Crippen LogP contribution in [0.1, 0.15) is 21.6 Å². The maximum Gasteiger partial charge on any atom is 0.255 e. The molecule has 0 atom stereocenters. The summed E-state index contributed by atoms with van der Waals surface area (Å²) >= 11 is 0. The van der Waals surface area contributed by atoms with Gasteiger partial charge in [0, 0.05) is 24.9 Å². The summed E-state index contributed by atoms with van der Waals surface area (Å²) < 4.78 is 33.4. The molecule has 0 unspecified atom stereocenters. The van der Waals surface area contributed by atoms with Gasteiger partial charge in [0.25, 0.3) is 5.91 Å². The number of carbonyl (C=O) groups excluding carboxylic acids is 1. The Balaban J connectivity index is 1.38. The van der Waals surface area contributed by atoms with Gasteiger partial charge < -0.3 is 10.1 Å². The molecule has 8 heteroatoms. The van der Waals surface area contributed by atoms with Gasteiger partial charge in [-0.3, -0.25) is 4.79 Å². The van der Waals surface area contributed by atoms with Gasteiger partial charge in [-0.05, 0) is 48.9 Å². The molecule has 31 heavy (non-hydrogen) atoms. The molecule has 6 nitrogen and oxygen atoms in total. The third kappa shape index (κ3) is 4.75.